The van der Waals surface area contributed by atoms with E-state index in [-0.39, 0.29) is 5.92 Å². The molecule has 0 rings (SSSR count). The van der Waals surface area contributed by atoms with Gasteiger partial charge in [-0.3, -0.25) is 0 Å². The summed E-state index contributed by atoms with van der Waals surface area (Å²) in [5.41, 5.74) is 0. The van der Waals surface area contributed by atoms with Gasteiger partial charge in [0.15, 0.2) is 0 Å². The van der Waals surface area contributed by atoms with E-state index in [0.29, 0.717) is 6.61 Å². The van der Waals surface area contributed by atoms with Gasteiger partial charge >= 0.3 is 0 Å². The highest BCUT2D eigenvalue weighted by molar-refractivity contribution is 5.53. The molecule has 0 aliphatic rings. The Bertz CT molecular complexity index is 83.6. The maximum Gasteiger partial charge on any atom is 0.123 e. The van der Waals surface area contributed by atoms with Gasteiger partial charge in [-0.25, -0.2) is 0 Å². The molecular weight excluding hydrogens is 140 g/mol. The second-order valence-corrected chi connectivity index (χ2v) is 2.82. The van der Waals surface area contributed by atoms with Crippen molar-refractivity contribution in [2.75, 3.05) is 13.7 Å². The summed E-state index contributed by atoms with van der Waals surface area (Å²) >= 11 is 0. The predicted octanol–water partition coefficient (Wildman–Crippen LogP) is 2.03. The summed E-state index contributed by atoms with van der Waals surface area (Å²) < 4.78 is 4.90. The third-order valence-corrected chi connectivity index (χ3v) is 1.81. The van der Waals surface area contributed by atoms with Crippen LogP contribution in [0.2, 0.25) is 0 Å². The van der Waals surface area contributed by atoms with E-state index in [2.05, 4.69) is 6.92 Å². The molecule has 0 N–H and O–H groups in total. The van der Waals surface area contributed by atoms with E-state index in [1.165, 1.54) is 0 Å². The summed E-state index contributed by atoms with van der Waals surface area (Å²) in [5.74, 6) is 0.218. The lowest BCUT2D eigenvalue weighted by Gasteiger charge is -2.07. The van der Waals surface area contributed by atoms with E-state index in [9.17, 15) is 4.79 Å². The summed E-state index contributed by atoms with van der Waals surface area (Å²) in [6.45, 7) is 2.84. The summed E-state index contributed by atoms with van der Waals surface area (Å²) in [7, 11) is 1.67. The van der Waals surface area contributed by atoms with Gasteiger partial charge in [-0.1, -0.05) is 19.8 Å². The van der Waals surface area contributed by atoms with Crippen molar-refractivity contribution in [3.8, 4) is 0 Å². The quantitative estimate of drug-likeness (QED) is 0.530. The second kappa shape index (κ2) is 7.73. The average molecular weight is 158 g/mol. The molecule has 0 saturated carbocycles. The first-order valence-corrected chi connectivity index (χ1v) is 4.29. The molecule has 0 fully saturated rings. The summed E-state index contributed by atoms with van der Waals surface area (Å²) in [6.07, 6.45) is 5.25. The van der Waals surface area contributed by atoms with Crippen molar-refractivity contribution in [3.63, 3.8) is 0 Å². The Labute approximate surface area is 68.9 Å². The molecule has 1 atom stereocenters. The smallest absolute Gasteiger partial charge is 0.123 e. The van der Waals surface area contributed by atoms with E-state index in [4.69, 9.17) is 4.74 Å². The summed E-state index contributed by atoms with van der Waals surface area (Å²) in [5, 5.41) is 0. The molecule has 2 nitrogen and oxygen atoms in total. The van der Waals surface area contributed by atoms with Gasteiger partial charge in [0.05, 0.1) is 0 Å². The molecule has 0 spiro atoms. The molecular formula is C9H18O2. The van der Waals surface area contributed by atoms with E-state index in [1.807, 2.05) is 0 Å². The van der Waals surface area contributed by atoms with E-state index < -0.39 is 0 Å². The van der Waals surface area contributed by atoms with Crippen LogP contribution in [0.1, 0.15) is 32.6 Å². The van der Waals surface area contributed by atoms with Crippen molar-refractivity contribution >= 4 is 6.29 Å². The first kappa shape index (κ1) is 10.6. The van der Waals surface area contributed by atoms with Gasteiger partial charge < -0.3 is 9.53 Å². The molecule has 0 aromatic carbocycles. The topological polar surface area (TPSA) is 26.3 Å². The zero-order valence-electron chi connectivity index (χ0n) is 7.51. The van der Waals surface area contributed by atoms with Crippen molar-refractivity contribution < 1.29 is 9.53 Å². The maximum atomic E-state index is 10.5. The van der Waals surface area contributed by atoms with Crippen LogP contribution in [0.4, 0.5) is 0 Å². The van der Waals surface area contributed by atoms with E-state index in [0.717, 1.165) is 32.0 Å². The van der Waals surface area contributed by atoms with Gasteiger partial charge in [-0.15, -0.1) is 0 Å². The highest BCUT2D eigenvalue weighted by atomic mass is 16.5. The standard InChI is InChI=1S/C9H18O2/c1-3-4-5-9(8-10)6-7-11-2/h8-9H,3-7H2,1-2H3. The third kappa shape index (κ3) is 6.05. The highest BCUT2D eigenvalue weighted by Crippen LogP contribution is 2.09. The first-order chi connectivity index (χ1) is 5.35. The average Bonchev–Trinajstić information content (AvgIpc) is 2.05. The van der Waals surface area contributed by atoms with Crippen LogP contribution >= 0.6 is 0 Å². The molecule has 11 heavy (non-hydrogen) atoms. The largest absolute Gasteiger partial charge is 0.385 e. The van der Waals surface area contributed by atoms with Gasteiger partial charge in [0.2, 0.25) is 0 Å². The van der Waals surface area contributed by atoms with Crippen LogP contribution in [0.5, 0.6) is 0 Å². The fourth-order valence-electron chi connectivity index (χ4n) is 1.02. The van der Waals surface area contributed by atoms with Gasteiger partial charge in [0.1, 0.15) is 6.29 Å². The summed E-state index contributed by atoms with van der Waals surface area (Å²) in [4.78, 5) is 10.5. The number of aldehydes is 1. The van der Waals surface area contributed by atoms with Gasteiger partial charge in [-0.2, -0.15) is 0 Å². The van der Waals surface area contributed by atoms with Gasteiger partial charge in [0, 0.05) is 19.6 Å². The molecule has 0 aliphatic carbocycles. The van der Waals surface area contributed by atoms with Gasteiger partial charge in [0.25, 0.3) is 0 Å². The number of ether oxygens (including phenoxy) is 1. The monoisotopic (exact) mass is 158 g/mol. The normalized spacial score (nSPS) is 12.9. The zero-order valence-corrected chi connectivity index (χ0v) is 7.51. The molecule has 0 heterocycles. The van der Waals surface area contributed by atoms with Crippen molar-refractivity contribution in [2.24, 2.45) is 5.92 Å². The molecule has 0 aromatic rings. The van der Waals surface area contributed by atoms with Crippen LogP contribution in [0, 0.1) is 5.92 Å². The minimum Gasteiger partial charge on any atom is -0.385 e. The highest BCUT2D eigenvalue weighted by Gasteiger charge is 2.04. The predicted molar refractivity (Wildman–Crippen MR) is 45.6 cm³/mol. The summed E-state index contributed by atoms with van der Waals surface area (Å²) in [6, 6.07) is 0. The Morgan fingerprint density at radius 1 is 1.45 bits per heavy atom. The van der Waals surface area contributed by atoms with E-state index in [1.54, 1.807) is 7.11 Å². The van der Waals surface area contributed by atoms with Crippen LogP contribution in [0.25, 0.3) is 0 Å². The molecule has 0 radical (unpaired) electrons. The lowest BCUT2D eigenvalue weighted by Crippen LogP contribution is -2.05. The van der Waals surface area contributed by atoms with Crippen molar-refractivity contribution in [1.82, 2.24) is 0 Å². The zero-order chi connectivity index (χ0) is 8.53. The third-order valence-electron chi connectivity index (χ3n) is 1.81. The lowest BCUT2D eigenvalue weighted by atomic mass is 10.0. The number of carbonyl (C=O) groups excluding carboxylic acids is 1. The van der Waals surface area contributed by atoms with Crippen LogP contribution in [0.3, 0.4) is 0 Å². The fraction of sp³-hybridized carbons (Fsp3) is 0.889. The molecule has 0 amide bonds. The molecule has 66 valence electrons. The molecule has 0 aliphatic heterocycles. The minimum atomic E-state index is 0.218. The van der Waals surface area contributed by atoms with Crippen molar-refractivity contribution in [3.05, 3.63) is 0 Å². The molecule has 0 saturated heterocycles. The molecule has 0 bridgehead atoms. The van der Waals surface area contributed by atoms with E-state index >= 15 is 0 Å². The number of methoxy groups -OCH3 is 1. The van der Waals surface area contributed by atoms with Crippen LogP contribution in [0.15, 0.2) is 0 Å². The first-order valence-electron chi connectivity index (χ1n) is 4.29. The molecule has 1 unspecified atom stereocenters. The number of carbonyl (C=O) groups is 1. The lowest BCUT2D eigenvalue weighted by molar-refractivity contribution is -0.111. The van der Waals surface area contributed by atoms with Gasteiger partial charge in [-0.05, 0) is 12.8 Å². The minimum absolute atomic E-state index is 0.218. The molecule has 2 heteroatoms. The Morgan fingerprint density at radius 2 is 2.18 bits per heavy atom. The fourth-order valence-corrected chi connectivity index (χ4v) is 1.02. The number of rotatable bonds is 7. The SMILES string of the molecule is CCCCC(C=O)CCOC. The Morgan fingerprint density at radius 3 is 2.64 bits per heavy atom. The van der Waals surface area contributed by atoms with Crippen LogP contribution in [-0.4, -0.2) is 20.0 Å². The Kier molecular flexibility index (Phi) is 7.47. The maximum absolute atomic E-state index is 10.5. The van der Waals surface area contributed by atoms with Crippen molar-refractivity contribution in [1.29, 1.82) is 0 Å². The Balaban J connectivity index is 3.33. The van der Waals surface area contributed by atoms with Crippen LogP contribution in [-0.2, 0) is 9.53 Å². The van der Waals surface area contributed by atoms with Crippen molar-refractivity contribution in [2.45, 2.75) is 32.6 Å². The number of hydrogen-bond acceptors (Lipinski definition) is 2. The molecule has 0 aromatic heterocycles. The second-order valence-electron chi connectivity index (χ2n) is 2.82. The van der Waals surface area contributed by atoms with Crippen LogP contribution < -0.4 is 0 Å². The Hall–Kier alpha value is -0.370. The number of unbranched alkanes of at least 4 members (excludes halogenated alkanes) is 1. The number of hydrogen-bond donors (Lipinski definition) is 0.